The smallest absolute Gasteiger partial charge is 0.0189 e. The fourth-order valence-electron chi connectivity index (χ4n) is 0.862. The lowest BCUT2D eigenvalue weighted by molar-refractivity contribution is 0.265. The fraction of sp³-hybridized carbons (Fsp3) is 0.778. The van der Waals surface area contributed by atoms with Gasteiger partial charge in [-0.05, 0) is 20.5 Å². The van der Waals surface area contributed by atoms with Crippen LogP contribution in [-0.2, 0) is 0 Å². The van der Waals surface area contributed by atoms with Crippen LogP contribution >= 0.6 is 0 Å². The SMILES string of the molecule is C=CCNCC(C)N(C)CC. The standard InChI is InChI=1S/C9H20N2/c1-5-7-10-8-9(3)11(4)6-2/h5,9-10H,1,6-8H2,2-4H3. The average Bonchev–Trinajstić information content (AvgIpc) is 2.03. The quantitative estimate of drug-likeness (QED) is 0.457. The van der Waals surface area contributed by atoms with Crippen LogP contribution in [0.4, 0.5) is 0 Å². The zero-order valence-electron chi connectivity index (χ0n) is 7.93. The summed E-state index contributed by atoms with van der Waals surface area (Å²) < 4.78 is 0. The molecule has 1 unspecified atom stereocenters. The number of nitrogens with one attached hydrogen (secondary N) is 1. The minimum atomic E-state index is 0.611. The molecule has 1 N–H and O–H groups in total. The van der Waals surface area contributed by atoms with Gasteiger partial charge >= 0.3 is 0 Å². The van der Waals surface area contributed by atoms with Crippen LogP contribution in [0.3, 0.4) is 0 Å². The van der Waals surface area contributed by atoms with Crippen molar-refractivity contribution in [3.05, 3.63) is 12.7 Å². The summed E-state index contributed by atoms with van der Waals surface area (Å²) >= 11 is 0. The maximum absolute atomic E-state index is 3.65. The van der Waals surface area contributed by atoms with E-state index in [1.165, 1.54) is 0 Å². The Kier molecular flexibility index (Phi) is 6.18. The van der Waals surface area contributed by atoms with E-state index in [1.54, 1.807) is 0 Å². The van der Waals surface area contributed by atoms with Crippen LogP contribution < -0.4 is 5.32 Å². The lowest BCUT2D eigenvalue weighted by atomic mass is 10.3. The Morgan fingerprint density at radius 3 is 2.73 bits per heavy atom. The number of hydrogen-bond donors (Lipinski definition) is 1. The summed E-state index contributed by atoms with van der Waals surface area (Å²) in [5.74, 6) is 0. The molecule has 0 bridgehead atoms. The average molecular weight is 156 g/mol. The highest BCUT2D eigenvalue weighted by molar-refractivity contribution is 4.72. The first-order chi connectivity index (χ1) is 5.22. The molecule has 0 spiro atoms. The van der Waals surface area contributed by atoms with E-state index in [0.29, 0.717) is 6.04 Å². The summed E-state index contributed by atoms with van der Waals surface area (Å²) in [5, 5.41) is 3.29. The number of hydrogen-bond acceptors (Lipinski definition) is 2. The van der Waals surface area contributed by atoms with Gasteiger partial charge in [0.25, 0.3) is 0 Å². The highest BCUT2D eigenvalue weighted by Gasteiger charge is 2.04. The van der Waals surface area contributed by atoms with E-state index in [1.807, 2.05) is 6.08 Å². The summed E-state index contributed by atoms with van der Waals surface area (Å²) in [6.45, 7) is 11.1. The van der Waals surface area contributed by atoms with Crippen LogP contribution in [0.15, 0.2) is 12.7 Å². The molecule has 0 aliphatic carbocycles. The molecule has 66 valence electrons. The molecule has 0 saturated carbocycles. The first-order valence-corrected chi connectivity index (χ1v) is 4.24. The molecule has 0 aromatic heterocycles. The fourth-order valence-corrected chi connectivity index (χ4v) is 0.862. The lowest BCUT2D eigenvalue weighted by Crippen LogP contribution is -2.37. The number of nitrogens with zero attached hydrogens (tertiary/aromatic N) is 1. The van der Waals surface area contributed by atoms with Crippen molar-refractivity contribution in [1.82, 2.24) is 10.2 Å². The van der Waals surface area contributed by atoms with Crippen molar-refractivity contribution < 1.29 is 0 Å². The van der Waals surface area contributed by atoms with Gasteiger partial charge in [-0.3, -0.25) is 0 Å². The maximum Gasteiger partial charge on any atom is 0.0189 e. The van der Waals surface area contributed by atoms with Crippen LogP contribution in [0.25, 0.3) is 0 Å². The van der Waals surface area contributed by atoms with Crippen LogP contribution in [0.5, 0.6) is 0 Å². The number of rotatable bonds is 6. The second-order valence-electron chi connectivity index (χ2n) is 2.87. The Morgan fingerprint density at radius 1 is 1.64 bits per heavy atom. The van der Waals surface area contributed by atoms with Crippen molar-refractivity contribution in [1.29, 1.82) is 0 Å². The van der Waals surface area contributed by atoms with E-state index in [4.69, 9.17) is 0 Å². The predicted molar refractivity (Wildman–Crippen MR) is 50.8 cm³/mol. The van der Waals surface area contributed by atoms with Gasteiger partial charge in [0.05, 0.1) is 0 Å². The second-order valence-corrected chi connectivity index (χ2v) is 2.87. The molecule has 0 amide bonds. The van der Waals surface area contributed by atoms with Gasteiger partial charge in [-0.2, -0.15) is 0 Å². The van der Waals surface area contributed by atoms with Crippen LogP contribution in [-0.4, -0.2) is 37.6 Å². The third-order valence-electron chi connectivity index (χ3n) is 1.98. The largest absolute Gasteiger partial charge is 0.312 e. The van der Waals surface area contributed by atoms with E-state index in [2.05, 4.69) is 37.7 Å². The molecular weight excluding hydrogens is 136 g/mol. The van der Waals surface area contributed by atoms with Crippen molar-refractivity contribution >= 4 is 0 Å². The van der Waals surface area contributed by atoms with Crippen molar-refractivity contribution in [2.75, 3.05) is 26.7 Å². The molecule has 2 nitrogen and oxygen atoms in total. The first kappa shape index (κ1) is 10.7. The van der Waals surface area contributed by atoms with Crippen LogP contribution in [0.2, 0.25) is 0 Å². The number of likely N-dealkylation sites (N-methyl/N-ethyl adjacent to an activating group) is 1. The van der Waals surface area contributed by atoms with Crippen molar-refractivity contribution in [3.8, 4) is 0 Å². The molecule has 0 aliphatic heterocycles. The lowest BCUT2D eigenvalue weighted by Gasteiger charge is -2.22. The molecule has 0 radical (unpaired) electrons. The molecule has 11 heavy (non-hydrogen) atoms. The highest BCUT2D eigenvalue weighted by atomic mass is 15.1. The second kappa shape index (κ2) is 6.38. The Bertz CT molecular complexity index is 102. The molecule has 0 aromatic rings. The summed E-state index contributed by atoms with van der Waals surface area (Å²) in [5.41, 5.74) is 0. The molecule has 0 aromatic carbocycles. The zero-order chi connectivity index (χ0) is 8.69. The third kappa shape index (κ3) is 4.99. The monoisotopic (exact) mass is 156 g/mol. The van der Waals surface area contributed by atoms with E-state index >= 15 is 0 Å². The Balaban J connectivity index is 3.34. The summed E-state index contributed by atoms with van der Waals surface area (Å²) in [6, 6.07) is 0.611. The Hall–Kier alpha value is -0.340. The summed E-state index contributed by atoms with van der Waals surface area (Å²) in [6.07, 6.45) is 1.89. The van der Waals surface area contributed by atoms with Crippen molar-refractivity contribution in [3.63, 3.8) is 0 Å². The normalized spacial score (nSPS) is 13.5. The zero-order valence-corrected chi connectivity index (χ0v) is 7.93. The minimum absolute atomic E-state index is 0.611. The Morgan fingerprint density at radius 2 is 2.27 bits per heavy atom. The van der Waals surface area contributed by atoms with Gasteiger partial charge < -0.3 is 10.2 Å². The summed E-state index contributed by atoms with van der Waals surface area (Å²) in [4.78, 5) is 2.32. The molecule has 2 heteroatoms. The van der Waals surface area contributed by atoms with Gasteiger partial charge in [-0.15, -0.1) is 6.58 Å². The predicted octanol–water partition coefficient (Wildman–Crippen LogP) is 1.10. The first-order valence-electron chi connectivity index (χ1n) is 4.24. The molecular formula is C9H20N2. The molecule has 0 aliphatic rings. The van der Waals surface area contributed by atoms with Gasteiger partial charge in [0.1, 0.15) is 0 Å². The molecule has 1 atom stereocenters. The molecule has 0 saturated heterocycles. The van der Waals surface area contributed by atoms with Crippen molar-refractivity contribution in [2.24, 2.45) is 0 Å². The van der Waals surface area contributed by atoms with Gasteiger partial charge in [-0.25, -0.2) is 0 Å². The third-order valence-corrected chi connectivity index (χ3v) is 1.98. The van der Waals surface area contributed by atoms with E-state index in [9.17, 15) is 0 Å². The van der Waals surface area contributed by atoms with E-state index < -0.39 is 0 Å². The maximum atomic E-state index is 3.65. The topological polar surface area (TPSA) is 15.3 Å². The van der Waals surface area contributed by atoms with Gasteiger partial charge in [0.2, 0.25) is 0 Å². The summed E-state index contributed by atoms with van der Waals surface area (Å²) in [7, 11) is 2.14. The molecule has 0 rings (SSSR count). The van der Waals surface area contributed by atoms with Gasteiger partial charge in [0, 0.05) is 19.1 Å². The van der Waals surface area contributed by atoms with E-state index in [-0.39, 0.29) is 0 Å². The van der Waals surface area contributed by atoms with Crippen LogP contribution in [0, 0.1) is 0 Å². The van der Waals surface area contributed by atoms with E-state index in [0.717, 1.165) is 19.6 Å². The Labute approximate surface area is 70.3 Å². The minimum Gasteiger partial charge on any atom is -0.312 e. The van der Waals surface area contributed by atoms with Crippen LogP contribution in [0.1, 0.15) is 13.8 Å². The highest BCUT2D eigenvalue weighted by Crippen LogP contribution is 1.91. The van der Waals surface area contributed by atoms with Gasteiger partial charge in [0.15, 0.2) is 0 Å². The molecule has 0 heterocycles. The van der Waals surface area contributed by atoms with Gasteiger partial charge in [-0.1, -0.05) is 13.0 Å². The molecule has 0 fully saturated rings. The van der Waals surface area contributed by atoms with Crippen molar-refractivity contribution in [2.45, 2.75) is 19.9 Å².